The molecule has 0 aromatic heterocycles. The van der Waals surface area contributed by atoms with Crippen molar-refractivity contribution in [3.63, 3.8) is 0 Å². The standard InChI is InChI=1S/C46H68N14O11/c1-26(44(70)71)54-38(64)30(12-7-19-52-45(47)48)56-39(65)31(13-8-20-53-46(49)50)57-40(66)33(23-27-16-17-28-10-3-4-11-29(28)22-27)58-41(67)35-15-5-6-21-60(35)43(69)34(24-37(62)63)55-36(61)25-59(2)42(68)32-14-9-18-51-32/h3-4,10-11,16-17,22,26,30-35,51H,5-9,12-15,18-21,23-25H2,1-2H3,(H,54,64)(H,55,61)(H,56,65)(H,57,66)(H,58,67)(H,62,63)(H,70,71)(H4,47,48,52)(H4,49,50,53)/t26-,30+,31+,32+,33+,34-,35+/m1/s1. The monoisotopic (exact) mass is 993 g/mol. The van der Waals surface area contributed by atoms with Crippen LogP contribution in [-0.4, -0.2) is 167 Å². The first-order valence-electron chi connectivity index (χ1n) is 23.6. The van der Waals surface area contributed by atoms with E-state index in [2.05, 4.69) is 41.9 Å². The number of likely N-dealkylation sites (tertiary alicyclic amines) is 1. The third-order valence-electron chi connectivity index (χ3n) is 12.0. The number of hydrogen-bond donors (Lipinski definition) is 12. The van der Waals surface area contributed by atoms with Crippen molar-refractivity contribution in [2.75, 3.05) is 39.8 Å². The van der Waals surface area contributed by atoms with Crippen LogP contribution in [0.3, 0.4) is 0 Å². The number of amides is 7. The Labute approximate surface area is 410 Å². The number of nitrogens with two attached hydrogens (primary N) is 4. The van der Waals surface area contributed by atoms with E-state index in [1.54, 1.807) is 6.07 Å². The van der Waals surface area contributed by atoms with Gasteiger partial charge in [-0.15, -0.1) is 0 Å². The molecule has 16 N–H and O–H groups in total. The van der Waals surface area contributed by atoms with Gasteiger partial charge in [0.05, 0.1) is 19.0 Å². The summed E-state index contributed by atoms with van der Waals surface area (Å²) in [5.74, 6) is -8.41. The number of carboxylic acids is 2. The quantitative estimate of drug-likeness (QED) is 0.0255. The lowest BCUT2D eigenvalue weighted by atomic mass is 9.97. The zero-order valence-corrected chi connectivity index (χ0v) is 40.1. The van der Waals surface area contributed by atoms with Crippen LogP contribution in [0.25, 0.3) is 10.8 Å². The zero-order valence-electron chi connectivity index (χ0n) is 40.1. The summed E-state index contributed by atoms with van der Waals surface area (Å²) in [7, 11) is 1.42. The smallest absolute Gasteiger partial charge is 0.325 e. The second-order valence-electron chi connectivity index (χ2n) is 17.6. The van der Waals surface area contributed by atoms with E-state index in [1.807, 2.05) is 36.4 Å². The van der Waals surface area contributed by atoms with E-state index in [0.29, 0.717) is 31.4 Å². The summed E-state index contributed by atoms with van der Waals surface area (Å²) in [4.78, 5) is 131. The zero-order chi connectivity index (χ0) is 52.2. The predicted molar refractivity (Wildman–Crippen MR) is 261 cm³/mol. The maximum Gasteiger partial charge on any atom is 0.325 e. The van der Waals surface area contributed by atoms with E-state index < -0.39 is 103 Å². The van der Waals surface area contributed by atoms with Gasteiger partial charge in [0.15, 0.2) is 11.9 Å². The van der Waals surface area contributed by atoms with Crippen LogP contribution in [-0.2, 0) is 49.6 Å². The fourth-order valence-corrected chi connectivity index (χ4v) is 8.28. The minimum Gasteiger partial charge on any atom is -0.481 e. The van der Waals surface area contributed by atoms with Gasteiger partial charge in [-0.25, -0.2) is 0 Å². The van der Waals surface area contributed by atoms with Gasteiger partial charge in [-0.05, 0) is 87.6 Å². The number of rotatable bonds is 26. The SMILES string of the molecule is C[C@@H](NC(=O)[C@H](CCCN=C(N)N)NC(=O)[C@H](CCCN=C(N)N)NC(=O)[C@H](Cc1ccc2ccccc2c1)NC(=O)[C@@H]1CCCCN1C(=O)[C@@H](CC(=O)O)NC(=O)CN(C)C(=O)[C@@H]1CCCN1)C(=O)O. The van der Waals surface area contributed by atoms with Crippen LogP contribution in [0.4, 0.5) is 0 Å². The lowest BCUT2D eigenvalue weighted by Crippen LogP contribution is -2.61. The van der Waals surface area contributed by atoms with Crippen LogP contribution in [0.5, 0.6) is 0 Å². The van der Waals surface area contributed by atoms with Crippen molar-refractivity contribution in [1.29, 1.82) is 0 Å². The highest BCUT2D eigenvalue weighted by Crippen LogP contribution is 2.21. The molecule has 25 heteroatoms. The number of benzene rings is 2. The van der Waals surface area contributed by atoms with Crippen molar-refractivity contribution in [2.45, 2.75) is 120 Å². The predicted octanol–water partition coefficient (Wildman–Crippen LogP) is -2.92. The second-order valence-corrected chi connectivity index (χ2v) is 17.6. The number of hydrogen-bond acceptors (Lipinski definition) is 12. The van der Waals surface area contributed by atoms with Crippen molar-refractivity contribution in [3.05, 3.63) is 48.0 Å². The number of nitrogens with one attached hydrogen (secondary N) is 6. The number of carboxylic acid groups (broad SMARTS) is 2. The molecule has 0 radical (unpaired) electrons. The van der Waals surface area contributed by atoms with Crippen LogP contribution >= 0.6 is 0 Å². The minimum atomic E-state index is -1.61. The van der Waals surface area contributed by atoms with E-state index in [-0.39, 0.29) is 76.0 Å². The molecule has 2 aliphatic heterocycles. The second kappa shape index (κ2) is 27.6. The van der Waals surface area contributed by atoms with E-state index in [1.165, 1.54) is 23.8 Å². The van der Waals surface area contributed by atoms with Gasteiger partial charge in [0, 0.05) is 33.1 Å². The highest BCUT2D eigenvalue weighted by molar-refractivity contribution is 5.98. The molecule has 0 aliphatic carbocycles. The molecule has 388 valence electrons. The maximum atomic E-state index is 14.6. The summed E-state index contributed by atoms with van der Waals surface area (Å²) in [6.07, 6.45) is 1.67. The van der Waals surface area contributed by atoms with Gasteiger partial charge in [-0.1, -0.05) is 42.5 Å². The Hall–Kier alpha value is -7.57. The molecule has 25 nitrogen and oxygen atoms in total. The van der Waals surface area contributed by atoms with E-state index in [0.717, 1.165) is 17.2 Å². The normalized spacial score (nSPS) is 17.5. The summed E-state index contributed by atoms with van der Waals surface area (Å²) in [5, 5.41) is 36.9. The molecule has 0 saturated carbocycles. The summed E-state index contributed by atoms with van der Waals surface area (Å²) in [5.41, 5.74) is 22.5. The van der Waals surface area contributed by atoms with Crippen molar-refractivity contribution >= 4 is 76.0 Å². The molecule has 4 rings (SSSR count). The highest BCUT2D eigenvalue weighted by Gasteiger charge is 2.39. The molecular formula is C46H68N14O11. The molecule has 7 atom stereocenters. The third kappa shape index (κ3) is 18.0. The molecule has 2 aliphatic rings. The number of carbonyl (C=O) groups excluding carboxylic acids is 7. The number of guanidine groups is 2. The fourth-order valence-electron chi connectivity index (χ4n) is 8.28. The Bertz CT molecular complexity index is 2300. The van der Waals surface area contributed by atoms with Gasteiger partial charge < -0.3 is 74.8 Å². The Kier molecular flexibility index (Phi) is 21.8. The molecule has 2 aromatic carbocycles. The summed E-state index contributed by atoms with van der Waals surface area (Å²) < 4.78 is 0. The molecule has 2 saturated heterocycles. The van der Waals surface area contributed by atoms with Crippen molar-refractivity contribution in [2.24, 2.45) is 32.9 Å². The number of fused-ring (bicyclic) bond motifs is 1. The van der Waals surface area contributed by atoms with E-state index in [9.17, 15) is 53.4 Å². The number of nitrogens with zero attached hydrogens (tertiary/aromatic N) is 4. The van der Waals surface area contributed by atoms with Gasteiger partial charge in [0.25, 0.3) is 0 Å². The van der Waals surface area contributed by atoms with Gasteiger partial charge in [0.2, 0.25) is 41.4 Å². The topological polar surface area (TPSA) is 402 Å². The fraction of sp³-hybridized carbons (Fsp3) is 0.543. The molecular weight excluding hydrogens is 925 g/mol. The average Bonchev–Trinajstić information content (AvgIpc) is 3.87. The number of likely N-dealkylation sites (N-methyl/N-ethyl adjacent to an activating group) is 1. The highest BCUT2D eigenvalue weighted by atomic mass is 16.4. The van der Waals surface area contributed by atoms with Crippen molar-refractivity contribution in [3.8, 4) is 0 Å². The Morgan fingerprint density at radius 3 is 1.93 bits per heavy atom. The lowest BCUT2D eigenvalue weighted by Gasteiger charge is -2.37. The van der Waals surface area contributed by atoms with Gasteiger partial charge >= 0.3 is 11.9 Å². The molecule has 2 aromatic rings. The van der Waals surface area contributed by atoms with Crippen molar-refractivity contribution < 1.29 is 53.4 Å². The first-order valence-corrected chi connectivity index (χ1v) is 23.6. The lowest BCUT2D eigenvalue weighted by molar-refractivity contribution is -0.149. The van der Waals surface area contributed by atoms with Gasteiger partial charge in [-0.2, -0.15) is 0 Å². The Balaban J connectivity index is 1.63. The molecule has 7 amide bonds. The van der Waals surface area contributed by atoms with Gasteiger partial charge in [0.1, 0.15) is 36.3 Å². The van der Waals surface area contributed by atoms with Crippen LogP contribution in [0, 0.1) is 0 Å². The molecule has 2 fully saturated rings. The summed E-state index contributed by atoms with van der Waals surface area (Å²) in [6.45, 7) is 1.56. The number of carbonyl (C=O) groups is 9. The van der Waals surface area contributed by atoms with E-state index in [4.69, 9.17) is 22.9 Å². The first kappa shape index (κ1) is 56.0. The molecule has 0 bridgehead atoms. The Morgan fingerprint density at radius 2 is 1.35 bits per heavy atom. The Morgan fingerprint density at radius 1 is 0.746 bits per heavy atom. The number of aliphatic carboxylic acids is 2. The van der Waals surface area contributed by atoms with Gasteiger partial charge in [-0.3, -0.25) is 53.1 Å². The maximum absolute atomic E-state index is 14.6. The molecule has 0 spiro atoms. The van der Waals surface area contributed by atoms with Crippen LogP contribution < -0.4 is 54.8 Å². The van der Waals surface area contributed by atoms with Crippen LogP contribution in [0.2, 0.25) is 0 Å². The van der Waals surface area contributed by atoms with Crippen molar-refractivity contribution in [1.82, 2.24) is 41.7 Å². The largest absolute Gasteiger partial charge is 0.481 e. The minimum absolute atomic E-state index is 0.0141. The third-order valence-corrected chi connectivity index (χ3v) is 12.0. The molecule has 2 heterocycles. The van der Waals surface area contributed by atoms with Crippen LogP contribution in [0.1, 0.15) is 76.7 Å². The summed E-state index contributed by atoms with van der Waals surface area (Å²) >= 11 is 0. The first-order chi connectivity index (χ1) is 33.7. The number of aliphatic imine (C=N–C) groups is 2. The van der Waals surface area contributed by atoms with E-state index >= 15 is 0 Å². The molecule has 71 heavy (non-hydrogen) atoms. The average molecular weight is 993 g/mol. The van der Waals surface area contributed by atoms with Crippen LogP contribution in [0.15, 0.2) is 52.4 Å². The molecule has 0 unspecified atom stereocenters. The number of piperidine rings is 1. The summed E-state index contributed by atoms with van der Waals surface area (Å²) in [6, 6.07) is 4.17.